The summed E-state index contributed by atoms with van der Waals surface area (Å²) >= 11 is 5.97. The predicted octanol–water partition coefficient (Wildman–Crippen LogP) is 3.37. The maximum Gasteiger partial charge on any atom is 0.354 e. The lowest BCUT2D eigenvalue weighted by Crippen LogP contribution is -2.19. The lowest BCUT2D eigenvalue weighted by molar-refractivity contribution is -0.138. The second kappa shape index (κ2) is 9.52. The topological polar surface area (TPSA) is 93.7 Å². The first-order valence-electron chi connectivity index (χ1n) is 7.85. The number of nitrogens with one attached hydrogen (secondary N) is 2. The normalized spacial score (nSPS) is 10.8. The Morgan fingerprint density at radius 2 is 1.79 bits per heavy atom. The molecule has 7 nitrogen and oxygen atoms in total. The molecule has 0 atom stereocenters. The number of hydrogen-bond donors (Lipinski definition) is 2. The Kier molecular flexibility index (Phi) is 7.11. The van der Waals surface area contributed by atoms with Crippen LogP contribution in [0.5, 0.6) is 0 Å². The summed E-state index contributed by atoms with van der Waals surface area (Å²) in [5.74, 6) is -2.78. The van der Waals surface area contributed by atoms with Crippen LogP contribution in [-0.2, 0) is 19.1 Å². The summed E-state index contributed by atoms with van der Waals surface area (Å²) in [6.07, 6.45) is 0.884. The number of carbonyl (C=O) groups excluding carboxylic acids is 3. The van der Waals surface area contributed by atoms with E-state index >= 15 is 0 Å². The van der Waals surface area contributed by atoms with Crippen molar-refractivity contribution in [3.05, 3.63) is 70.6 Å². The van der Waals surface area contributed by atoms with E-state index in [9.17, 15) is 18.8 Å². The molecule has 2 aromatic carbocycles. The van der Waals surface area contributed by atoms with Gasteiger partial charge in [0.05, 0.1) is 31.5 Å². The number of anilines is 2. The van der Waals surface area contributed by atoms with Crippen LogP contribution in [0.1, 0.15) is 10.4 Å². The SMILES string of the molecule is COC(=O)/C=C(/Nc1ccc(Cl)cc1C(=O)Nc1cccc(F)c1)C(=O)OC. The number of rotatable bonds is 6. The van der Waals surface area contributed by atoms with Gasteiger partial charge in [-0.2, -0.15) is 0 Å². The van der Waals surface area contributed by atoms with Gasteiger partial charge in [0, 0.05) is 10.7 Å². The van der Waals surface area contributed by atoms with Crippen molar-refractivity contribution in [1.29, 1.82) is 0 Å². The molecule has 0 heterocycles. The van der Waals surface area contributed by atoms with Crippen molar-refractivity contribution in [2.75, 3.05) is 24.9 Å². The Morgan fingerprint density at radius 3 is 2.43 bits per heavy atom. The average molecular weight is 407 g/mol. The minimum Gasteiger partial charge on any atom is -0.466 e. The maximum atomic E-state index is 13.3. The lowest BCUT2D eigenvalue weighted by atomic mass is 10.1. The molecule has 0 aliphatic heterocycles. The van der Waals surface area contributed by atoms with Gasteiger partial charge in [0.25, 0.3) is 5.91 Å². The molecule has 2 rings (SSSR count). The zero-order valence-electron chi connectivity index (χ0n) is 14.9. The summed E-state index contributed by atoms with van der Waals surface area (Å²) in [4.78, 5) is 36.1. The van der Waals surface area contributed by atoms with E-state index in [1.54, 1.807) is 0 Å². The molecule has 0 bridgehead atoms. The van der Waals surface area contributed by atoms with Crippen LogP contribution in [0.25, 0.3) is 0 Å². The fourth-order valence-corrected chi connectivity index (χ4v) is 2.33. The van der Waals surface area contributed by atoms with Gasteiger partial charge in [-0.1, -0.05) is 17.7 Å². The van der Waals surface area contributed by atoms with Crippen LogP contribution in [0, 0.1) is 5.82 Å². The minimum absolute atomic E-state index is 0.0523. The van der Waals surface area contributed by atoms with E-state index in [4.69, 9.17) is 11.6 Å². The predicted molar refractivity (Wildman–Crippen MR) is 102 cm³/mol. The van der Waals surface area contributed by atoms with Gasteiger partial charge in [-0.3, -0.25) is 4.79 Å². The number of esters is 2. The third-order valence-electron chi connectivity index (χ3n) is 3.45. The first-order valence-corrected chi connectivity index (χ1v) is 8.23. The Balaban J connectivity index is 2.37. The van der Waals surface area contributed by atoms with E-state index in [2.05, 4.69) is 20.1 Å². The molecular weight excluding hydrogens is 391 g/mol. The number of ether oxygens (including phenoxy) is 2. The molecule has 146 valence electrons. The minimum atomic E-state index is -0.850. The molecule has 0 saturated heterocycles. The lowest BCUT2D eigenvalue weighted by Gasteiger charge is -2.14. The average Bonchev–Trinajstić information content (AvgIpc) is 2.67. The molecule has 2 N–H and O–H groups in total. The van der Waals surface area contributed by atoms with Crippen molar-refractivity contribution in [2.24, 2.45) is 0 Å². The van der Waals surface area contributed by atoms with Crippen molar-refractivity contribution in [3.63, 3.8) is 0 Å². The van der Waals surface area contributed by atoms with Crippen LogP contribution in [0.4, 0.5) is 15.8 Å². The highest BCUT2D eigenvalue weighted by atomic mass is 35.5. The smallest absolute Gasteiger partial charge is 0.354 e. The number of benzene rings is 2. The second-order valence-electron chi connectivity index (χ2n) is 5.35. The van der Waals surface area contributed by atoms with Gasteiger partial charge in [-0.15, -0.1) is 0 Å². The van der Waals surface area contributed by atoms with E-state index in [0.29, 0.717) is 0 Å². The summed E-state index contributed by atoms with van der Waals surface area (Å²) in [6, 6.07) is 9.61. The molecule has 0 fully saturated rings. The highest BCUT2D eigenvalue weighted by Gasteiger charge is 2.18. The monoisotopic (exact) mass is 406 g/mol. The molecule has 0 aromatic heterocycles. The van der Waals surface area contributed by atoms with Gasteiger partial charge in [-0.05, 0) is 36.4 Å². The molecule has 0 aliphatic carbocycles. The fourth-order valence-electron chi connectivity index (χ4n) is 2.16. The molecule has 0 aliphatic rings. The number of halogens is 2. The Labute approximate surface area is 165 Å². The van der Waals surface area contributed by atoms with E-state index in [1.165, 1.54) is 36.4 Å². The fraction of sp³-hybridized carbons (Fsp3) is 0.105. The van der Waals surface area contributed by atoms with E-state index in [1.807, 2.05) is 0 Å². The van der Waals surface area contributed by atoms with Crippen LogP contribution < -0.4 is 10.6 Å². The Morgan fingerprint density at radius 1 is 1.04 bits per heavy atom. The highest BCUT2D eigenvalue weighted by Crippen LogP contribution is 2.24. The largest absolute Gasteiger partial charge is 0.466 e. The number of carbonyl (C=O) groups is 3. The first-order chi connectivity index (χ1) is 13.3. The summed E-state index contributed by atoms with van der Waals surface area (Å²) < 4.78 is 22.4. The summed E-state index contributed by atoms with van der Waals surface area (Å²) in [5, 5.41) is 5.45. The van der Waals surface area contributed by atoms with Gasteiger partial charge in [0.2, 0.25) is 0 Å². The molecule has 0 spiro atoms. The molecule has 9 heteroatoms. The Hall–Kier alpha value is -3.39. The molecule has 0 radical (unpaired) electrons. The summed E-state index contributed by atoms with van der Waals surface area (Å²) in [7, 11) is 2.28. The van der Waals surface area contributed by atoms with Crippen molar-refractivity contribution < 1.29 is 28.2 Å². The molecule has 0 saturated carbocycles. The summed E-state index contributed by atoms with van der Waals surface area (Å²) in [6.45, 7) is 0. The van der Waals surface area contributed by atoms with Crippen LogP contribution in [0.3, 0.4) is 0 Å². The van der Waals surface area contributed by atoms with E-state index in [-0.39, 0.29) is 27.7 Å². The van der Waals surface area contributed by atoms with E-state index in [0.717, 1.165) is 26.4 Å². The van der Waals surface area contributed by atoms with Crippen LogP contribution in [-0.4, -0.2) is 32.1 Å². The quantitative estimate of drug-likeness (QED) is 0.564. The highest BCUT2D eigenvalue weighted by molar-refractivity contribution is 6.31. The van der Waals surface area contributed by atoms with Crippen LogP contribution in [0.2, 0.25) is 5.02 Å². The van der Waals surface area contributed by atoms with Gasteiger partial charge >= 0.3 is 11.9 Å². The standard InChI is InChI=1S/C19H16ClFN2O5/c1-27-17(24)10-16(19(26)28-2)23-15-7-6-11(20)8-14(15)18(25)22-13-5-3-4-12(21)9-13/h3-10,23H,1-2H3,(H,22,25)/b16-10+. The number of hydrogen-bond acceptors (Lipinski definition) is 6. The van der Waals surface area contributed by atoms with Crippen LogP contribution in [0.15, 0.2) is 54.2 Å². The molecule has 28 heavy (non-hydrogen) atoms. The van der Waals surface area contributed by atoms with E-state index < -0.39 is 23.7 Å². The Bertz CT molecular complexity index is 946. The molecule has 2 aromatic rings. The van der Waals surface area contributed by atoms with Crippen molar-refractivity contribution in [3.8, 4) is 0 Å². The van der Waals surface area contributed by atoms with Gasteiger partial charge in [-0.25, -0.2) is 14.0 Å². The zero-order chi connectivity index (χ0) is 20.7. The third-order valence-corrected chi connectivity index (χ3v) is 3.68. The zero-order valence-corrected chi connectivity index (χ0v) is 15.7. The second-order valence-corrected chi connectivity index (χ2v) is 5.79. The first kappa shape index (κ1) is 20.9. The van der Waals surface area contributed by atoms with Crippen LogP contribution >= 0.6 is 11.6 Å². The number of methoxy groups -OCH3 is 2. The van der Waals surface area contributed by atoms with Gasteiger partial charge in [0.15, 0.2) is 0 Å². The summed E-state index contributed by atoms with van der Waals surface area (Å²) in [5.41, 5.74) is 0.195. The van der Waals surface area contributed by atoms with Gasteiger partial charge in [0.1, 0.15) is 11.5 Å². The van der Waals surface area contributed by atoms with Crippen molar-refractivity contribution in [2.45, 2.75) is 0 Å². The number of amides is 1. The maximum absolute atomic E-state index is 13.3. The van der Waals surface area contributed by atoms with Crippen molar-refractivity contribution >= 4 is 40.8 Å². The van der Waals surface area contributed by atoms with Crippen molar-refractivity contribution in [1.82, 2.24) is 0 Å². The molecule has 1 amide bonds. The molecular formula is C19H16ClFN2O5. The third kappa shape index (κ3) is 5.55. The molecule has 0 unspecified atom stereocenters. The van der Waals surface area contributed by atoms with Gasteiger partial charge < -0.3 is 20.1 Å².